The van der Waals surface area contributed by atoms with Crippen LogP contribution in [0.5, 0.6) is 0 Å². The first-order valence-electron chi connectivity index (χ1n) is 0.204. The molecule has 3 heteroatoms. The number of rotatable bonds is 0. The maximum absolute atomic E-state index is 7.50. The second kappa shape index (κ2) is 3520. The van der Waals surface area contributed by atoms with Crippen LogP contribution in [0.3, 0.4) is 0 Å². The van der Waals surface area contributed by atoms with Crippen molar-refractivity contribution in [1.82, 2.24) is 0 Å². The minimum Gasteiger partial charge on any atom is 0 e. The fourth-order valence-corrected chi connectivity index (χ4v) is 0. The standard InChI is InChI=1S/CO.3CH4.Fe.H2O.H2/c1-2;;;;;;/h;3*1H4;;1H2;1H. The molecular formula is C4H16FeO2. The molecule has 0 aromatic carbocycles. The number of hydrogen-bond donors (Lipinski definition) is 0. The summed E-state index contributed by atoms with van der Waals surface area (Å²) in [6, 6.07) is 0. The third-order valence-electron chi connectivity index (χ3n) is 0. The predicted octanol–water partition coefficient (Wildman–Crippen LogP) is 1.29. The molecule has 0 amide bonds. The van der Waals surface area contributed by atoms with Crippen LogP contribution in [-0.2, 0) is 21.7 Å². The minimum absolute atomic E-state index is 0. The summed E-state index contributed by atoms with van der Waals surface area (Å²) < 4.78 is 7.50. The fourth-order valence-electron chi connectivity index (χ4n) is 0. The van der Waals surface area contributed by atoms with E-state index in [4.69, 9.17) is 4.65 Å². The fraction of sp³-hybridized carbons (Fsp3) is 0.750. The van der Waals surface area contributed by atoms with Crippen LogP contribution in [-0.4, -0.2) is 5.48 Å². The first kappa shape index (κ1) is 188. The Morgan fingerprint density at radius 1 is 1.00 bits per heavy atom. The van der Waals surface area contributed by atoms with E-state index in [0.29, 0.717) is 0 Å². The van der Waals surface area contributed by atoms with Crippen molar-refractivity contribution >= 4 is 0 Å². The molecule has 2 N–H and O–H groups in total. The second-order valence-corrected chi connectivity index (χ2v) is 0. The van der Waals surface area contributed by atoms with E-state index in [-0.39, 0.29) is 46.3 Å². The molecule has 2 nitrogen and oxygen atoms in total. The summed E-state index contributed by atoms with van der Waals surface area (Å²) in [4.78, 5) is 0. The topological polar surface area (TPSA) is 51.4 Å². The van der Waals surface area contributed by atoms with Crippen molar-refractivity contribution < 1.29 is 28.6 Å². The van der Waals surface area contributed by atoms with Gasteiger partial charge in [0.15, 0.2) is 0 Å². The zero-order valence-electron chi connectivity index (χ0n) is 1.76. The van der Waals surface area contributed by atoms with E-state index in [9.17, 15) is 0 Å². The zero-order valence-corrected chi connectivity index (χ0v) is 2.87. The summed E-state index contributed by atoms with van der Waals surface area (Å²) in [7, 11) is 0. The Labute approximate surface area is 58.3 Å². The van der Waals surface area contributed by atoms with Crippen LogP contribution in [0.25, 0.3) is 0 Å². The monoisotopic (exact) mass is 152 g/mol. The van der Waals surface area contributed by atoms with Gasteiger partial charge in [0.2, 0.25) is 0 Å². The molecule has 0 aromatic heterocycles. The Kier molecular flexibility index (Phi) is 94400. The molecule has 0 saturated carbocycles. The predicted molar refractivity (Wildman–Crippen MR) is 29.9 cm³/mol. The van der Waals surface area contributed by atoms with Crippen molar-refractivity contribution in [2.24, 2.45) is 0 Å². The Morgan fingerprint density at radius 2 is 1.00 bits per heavy atom. The van der Waals surface area contributed by atoms with E-state index < -0.39 is 0 Å². The first-order valence-corrected chi connectivity index (χ1v) is 0.204. The van der Waals surface area contributed by atoms with Crippen molar-refractivity contribution in [1.29, 1.82) is 0 Å². The molecule has 0 bridgehead atoms. The third-order valence-corrected chi connectivity index (χ3v) is 0. The van der Waals surface area contributed by atoms with Crippen LogP contribution in [0, 0.1) is 6.65 Å². The van der Waals surface area contributed by atoms with E-state index in [1.165, 1.54) is 0 Å². The SMILES string of the molecule is C.C.C.O.[C-]#[O+].[Fe].[HH]. The Balaban J connectivity index is -0.000000000333. The van der Waals surface area contributed by atoms with Crippen LogP contribution in [0.4, 0.5) is 0 Å². The van der Waals surface area contributed by atoms with Crippen molar-refractivity contribution in [3.63, 3.8) is 0 Å². The molecule has 52 valence electrons. The normalized spacial score (nSPS) is 0.286. The molecule has 7 heavy (non-hydrogen) atoms. The smallest absolute Gasteiger partial charge is 0 e. The molecule has 0 fully saturated rings. The van der Waals surface area contributed by atoms with Gasteiger partial charge in [-0.1, -0.05) is 22.3 Å². The van der Waals surface area contributed by atoms with Crippen molar-refractivity contribution in [2.75, 3.05) is 0 Å². The van der Waals surface area contributed by atoms with Gasteiger partial charge in [0, 0.05) is 18.5 Å². The van der Waals surface area contributed by atoms with Crippen LogP contribution in [0.1, 0.15) is 23.7 Å². The number of hydrogen-bond acceptors (Lipinski definition) is 0. The molecule has 0 spiro atoms. The summed E-state index contributed by atoms with van der Waals surface area (Å²) in [5.74, 6) is 0. The van der Waals surface area contributed by atoms with Crippen molar-refractivity contribution in [3.05, 3.63) is 6.65 Å². The molecule has 0 saturated heterocycles. The van der Waals surface area contributed by atoms with Crippen LogP contribution in [0.15, 0.2) is 0 Å². The molecule has 0 radical (unpaired) electrons. The van der Waals surface area contributed by atoms with E-state index in [1.54, 1.807) is 0 Å². The Bertz CT molecular complexity index is 18.8. The molecule has 0 unspecified atom stereocenters. The zero-order chi connectivity index (χ0) is 2.00. The Morgan fingerprint density at radius 3 is 1.00 bits per heavy atom. The summed E-state index contributed by atoms with van der Waals surface area (Å²) >= 11 is 0. The molecule has 0 aliphatic rings. The third kappa shape index (κ3) is 2300. The van der Waals surface area contributed by atoms with E-state index in [1.807, 2.05) is 0 Å². The van der Waals surface area contributed by atoms with Gasteiger partial charge in [0.05, 0.1) is 0 Å². The summed E-state index contributed by atoms with van der Waals surface area (Å²) in [6.45, 7) is 4.50. The van der Waals surface area contributed by atoms with Gasteiger partial charge in [-0.3, -0.25) is 0 Å². The minimum atomic E-state index is 0. The van der Waals surface area contributed by atoms with Gasteiger partial charge in [0.1, 0.15) is 0 Å². The van der Waals surface area contributed by atoms with Crippen LogP contribution in [0.2, 0.25) is 0 Å². The van der Waals surface area contributed by atoms with Crippen molar-refractivity contribution in [3.8, 4) is 0 Å². The van der Waals surface area contributed by atoms with E-state index >= 15 is 0 Å². The van der Waals surface area contributed by atoms with Crippen LogP contribution < -0.4 is 0 Å². The summed E-state index contributed by atoms with van der Waals surface area (Å²) in [5, 5.41) is 0. The quantitative estimate of drug-likeness (QED) is 0.285. The van der Waals surface area contributed by atoms with Gasteiger partial charge in [0.25, 0.3) is 0 Å². The van der Waals surface area contributed by atoms with Crippen LogP contribution >= 0.6 is 0 Å². The maximum Gasteiger partial charge on any atom is 0 e. The molecular weight excluding hydrogens is 136 g/mol. The van der Waals surface area contributed by atoms with E-state index in [0.717, 1.165) is 0 Å². The van der Waals surface area contributed by atoms with Gasteiger partial charge in [-0.15, -0.1) is 0 Å². The molecule has 0 aromatic rings. The Hall–Kier alpha value is 0.219. The van der Waals surface area contributed by atoms with E-state index in [2.05, 4.69) is 6.65 Å². The van der Waals surface area contributed by atoms with Gasteiger partial charge in [-0.05, 0) is 0 Å². The second-order valence-electron chi connectivity index (χ2n) is 0. The molecule has 0 aliphatic heterocycles. The molecule has 0 rings (SSSR count). The van der Waals surface area contributed by atoms with Crippen molar-refractivity contribution in [2.45, 2.75) is 22.3 Å². The average molecular weight is 152 g/mol. The largest absolute Gasteiger partial charge is 0 e. The molecule has 0 heterocycles. The van der Waals surface area contributed by atoms with Gasteiger partial charge in [-0.2, -0.15) is 0 Å². The average Bonchev–Trinajstić information content (AvgIpc) is 1.00. The van der Waals surface area contributed by atoms with Gasteiger partial charge < -0.3 is 5.48 Å². The van der Waals surface area contributed by atoms with Gasteiger partial charge in [-0.25, -0.2) is 0 Å². The molecule has 0 aliphatic carbocycles. The summed E-state index contributed by atoms with van der Waals surface area (Å²) in [5.41, 5.74) is 0. The summed E-state index contributed by atoms with van der Waals surface area (Å²) in [6.07, 6.45) is 0. The molecule has 0 atom stereocenters. The first-order chi connectivity index (χ1) is 1.00. The van der Waals surface area contributed by atoms with Gasteiger partial charge >= 0.3 is 11.3 Å². The maximum atomic E-state index is 7.50.